The highest BCUT2D eigenvalue weighted by atomic mass is 35.5. The normalized spacial score (nSPS) is 23.1. The van der Waals surface area contributed by atoms with Crippen LogP contribution in [0, 0.1) is 5.41 Å². The Bertz CT molecular complexity index is 1170. The van der Waals surface area contributed by atoms with Gasteiger partial charge in [0, 0.05) is 49.4 Å². The average Bonchev–Trinajstić information content (AvgIpc) is 3.13. The Kier molecular flexibility index (Phi) is 6.21. The van der Waals surface area contributed by atoms with Crippen LogP contribution < -0.4 is 10.2 Å². The minimum atomic E-state index is -1.20. The number of benzene rings is 1. The van der Waals surface area contributed by atoms with Crippen LogP contribution in [0.25, 0.3) is 11.3 Å². The van der Waals surface area contributed by atoms with Gasteiger partial charge in [0.05, 0.1) is 30.5 Å². The minimum absolute atomic E-state index is 0.0409. The van der Waals surface area contributed by atoms with Crippen molar-refractivity contribution in [1.29, 1.82) is 0 Å². The fraction of sp³-hybridized carbons (Fsp3) is 0.538. The summed E-state index contributed by atoms with van der Waals surface area (Å²) < 4.78 is 13.5. The maximum Gasteiger partial charge on any atom is 0.341 e. The van der Waals surface area contributed by atoms with E-state index in [1.807, 2.05) is 16.7 Å². The van der Waals surface area contributed by atoms with E-state index in [0.717, 1.165) is 68.9 Å². The number of nitrogens with zero attached hydrogens (tertiary/aromatic N) is 2. The van der Waals surface area contributed by atoms with Crippen molar-refractivity contribution < 1.29 is 19.4 Å². The highest BCUT2D eigenvalue weighted by Gasteiger charge is 2.47. The van der Waals surface area contributed by atoms with E-state index in [2.05, 4.69) is 18.7 Å². The van der Waals surface area contributed by atoms with E-state index < -0.39 is 11.4 Å². The SMILES string of the molecule is CC1(C)CC[C@@H]2c3cc(OCCCN4CCOCC4)c(Cl)cc3-c3cc(=O)c(C(=O)O)cn3[C@@H]21. The fourth-order valence-electron chi connectivity index (χ4n) is 5.93. The Morgan fingerprint density at radius 2 is 2.03 bits per heavy atom. The summed E-state index contributed by atoms with van der Waals surface area (Å²) in [6.45, 7) is 9.46. The molecule has 1 saturated heterocycles. The lowest BCUT2D eigenvalue weighted by Gasteiger charge is -2.40. The Morgan fingerprint density at radius 1 is 1.26 bits per heavy atom. The minimum Gasteiger partial charge on any atom is -0.492 e. The fourth-order valence-corrected chi connectivity index (χ4v) is 6.15. The molecule has 1 aromatic heterocycles. The van der Waals surface area contributed by atoms with E-state index in [0.29, 0.717) is 17.4 Å². The molecule has 2 aromatic rings. The van der Waals surface area contributed by atoms with E-state index in [9.17, 15) is 14.7 Å². The molecule has 5 rings (SSSR count). The highest BCUT2D eigenvalue weighted by molar-refractivity contribution is 6.32. The molecule has 2 aliphatic heterocycles. The zero-order valence-electron chi connectivity index (χ0n) is 19.7. The molecule has 182 valence electrons. The van der Waals surface area contributed by atoms with Crippen LogP contribution in [0.3, 0.4) is 0 Å². The summed E-state index contributed by atoms with van der Waals surface area (Å²) in [5.41, 5.74) is 2.02. The van der Waals surface area contributed by atoms with Crippen LogP contribution in [-0.2, 0) is 4.74 Å². The topological polar surface area (TPSA) is 81.0 Å². The van der Waals surface area contributed by atoms with Crippen molar-refractivity contribution in [2.75, 3.05) is 39.5 Å². The second-order valence-electron chi connectivity index (χ2n) is 10.3. The monoisotopic (exact) mass is 486 g/mol. The van der Waals surface area contributed by atoms with Crippen LogP contribution in [0.2, 0.25) is 5.02 Å². The van der Waals surface area contributed by atoms with Crippen LogP contribution in [0.5, 0.6) is 5.75 Å². The molecule has 1 saturated carbocycles. The zero-order valence-corrected chi connectivity index (χ0v) is 20.4. The predicted octanol–water partition coefficient (Wildman–Crippen LogP) is 4.43. The second kappa shape index (κ2) is 9.02. The molecule has 2 atom stereocenters. The number of hydrogen-bond acceptors (Lipinski definition) is 5. The highest BCUT2D eigenvalue weighted by Crippen LogP contribution is 2.59. The molecule has 0 unspecified atom stereocenters. The summed E-state index contributed by atoms with van der Waals surface area (Å²) >= 11 is 6.64. The Labute approximate surface area is 204 Å². The smallest absolute Gasteiger partial charge is 0.341 e. The Morgan fingerprint density at radius 3 is 2.76 bits per heavy atom. The van der Waals surface area contributed by atoms with Gasteiger partial charge in [-0.3, -0.25) is 9.69 Å². The molecule has 3 heterocycles. The van der Waals surface area contributed by atoms with Gasteiger partial charge in [-0.2, -0.15) is 0 Å². The number of aromatic carboxylic acids is 1. The van der Waals surface area contributed by atoms with Crippen molar-refractivity contribution in [3.8, 4) is 17.0 Å². The van der Waals surface area contributed by atoms with Gasteiger partial charge in [-0.05, 0) is 42.4 Å². The largest absolute Gasteiger partial charge is 0.492 e. The molecule has 0 radical (unpaired) electrons. The molecule has 3 aliphatic rings. The van der Waals surface area contributed by atoms with Crippen molar-refractivity contribution in [3.05, 3.63) is 50.8 Å². The van der Waals surface area contributed by atoms with Gasteiger partial charge in [0.25, 0.3) is 0 Å². The van der Waals surface area contributed by atoms with Gasteiger partial charge in [-0.1, -0.05) is 25.4 Å². The third kappa shape index (κ3) is 4.14. The number of pyridine rings is 1. The standard InChI is InChI=1S/C26H31ClN2O5/c1-26(2)5-4-16-17-13-23(34-9-3-6-28-7-10-33-11-8-28)20(27)12-18(17)21-14-22(30)19(25(31)32)15-29(21)24(16)26/h12-16,24H,3-11H2,1-2H3,(H,31,32)/t16-,24+/m1/s1. The van der Waals surface area contributed by atoms with E-state index in [1.165, 1.54) is 12.3 Å². The van der Waals surface area contributed by atoms with Gasteiger partial charge >= 0.3 is 5.97 Å². The molecule has 1 N–H and O–H groups in total. The lowest BCUT2D eigenvalue weighted by atomic mass is 9.77. The first-order valence-electron chi connectivity index (χ1n) is 12.0. The third-order valence-corrected chi connectivity index (χ3v) is 7.95. The summed E-state index contributed by atoms with van der Waals surface area (Å²) in [6.07, 6.45) is 4.42. The van der Waals surface area contributed by atoms with E-state index >= 15 is 0 Å². The number of fused-ring (bicyclic) bond motifs is 6. The van der Waals surface area contributed by atoms with E-state index in [-0.39, 0.29) is 22.9 Å². The van der Waals surface area contributed by atoms with Gasteiger partial charge in [0.2, 0.25) is 0 Å². The van der Waals surface area contributed by atoms with Crippen molar-refractivity contribution >= 4 is 17.6 Å². The Hall–Kier alpha value is -2.35. The molecule has 2 fully saturated rings. The molecular weight excluding hydrogens is 456 g/mol. The van der Waals surface area contributed by atoms with Crippen LogP contribution in [0.1, 0.15) is 61.0 Å². The van der Waals surface area contributed by atoms with Crippen LogP contribution in [-0.4, -0.2) is 60.0 Å². The van der Waals surface area contributed by atoms with Gasteiger partial charge in [0.1, 0.15) is 11.3 Å². The van der Waals surface area contributed by atoms with Gasteiger partial charge in [-0.25, -0.2) is 4.79 Å². The number of morpholine rings is 1. The number of carboxylic acids is 1. The van der Waals surface area contributed by atoms with Crippen molar-refractivity contribution in [2.24, 2.45) is 5.41 Å². The average molecular weight is 487 g/mol. The number of rotatable bonds is 6. The lowest BCUT2D eigenvalue weighted by molar-refractivity contribution is 0.0358. The zero-order chi connectivity index (χ0) is 24.0. The molecule has 0 bridgehead atoms. The predicted molar refractivity (Wildman–Crippen MR) is 130 cm³/mol. The van der Waals surface area contributed by atoms with Crippen LogP contribution >= 0.6 is 11.6 Å². The first-order valence-corrected chi connectivity index (χ1v) is 12.4. The lowest BCUT2D eigenvalue weighted by Crippen LogP contribution is -2.37. The maximum atomic E-state index is 12.6. The number of hydrogen-bond donors (Lipinski definition) is 1. The van der Waals surface area contributed by atoms with Gasteiger partial charge < -0.3 is 19.1 Å². The molecule has 1 aromatic carbocycles. The number of ether oxygens (including phenoxy) is 2. The summed E-state index contributed by atoms with van der Waals surface area (Å²) in [7, 11) is 0. The number of carbonyl (C=O) groups is 1. The van der Waals surface area contributed by atoms with Crippen LogP contribution in [0.15, 0.2) is 29.2 Å². The Balaban J connectivity index is 1.46. The molecule has 1 aliphatic carbocycles. The van der Waals surface area contributed by atoms with Gasteiger partial charge in [0.15, 0.2) is 5.43 Å². The second-order valence-corrected chi connectivity index (χ2v) is 10.7. The van der Waals surface area contributed by atoms with Crippen molar-refractivity contribution in [2.45, 2.75) is 45.1 Å². The molecular formula is C26H31ClN2O5. The summed E-state index contributed by atoms with van der Waals surface area (Å²) in [5.74, 6) is -0.323. The summed E-state index contributed by atoms with van der Waals surface area (Å²) in [4.78, 5) is 26.6. The van der Waals surface area contributed by atoms with Crippen LogP contribution in [0.4, 0.5) is 0 Å². The third-order valence-electron chi connectivity index (χ3n) is 7.65. The van der Waals surface area contributed by atoms with Crippen molar-refractivity contribution in [3.63, 3.8) is 0 Å². The van der Waals surface area contributed by atoms with E-state index in [1.54, 1.807) is 0 Å². The number of aromatic nitrogens is 1. The molecule has 34 heavy (non-hydrogen) atoms. The first-order chi connectivity index (χ1) is 16.3. The molecule has 8 heteroatoms. The summed E-state index contributed by atoms with van der Waals surface area (Å²) in [5, 5.41) is 10.0. The maximum absolute atomic E-state index is 12.6. The van der Waals surface area contributed by atoms with Gasteiger partial charge in [-0.15, -0.1) is 0 Å². The quantitative estimate of drug-likeness (QED) is 0.608. The molecule has 0 spiro atoms. The number of halogens is 1. The molecule has 7 nitrogen and oxygen atoms in total. The van der Waals surface area contributed by atoms with Crippen molar-refractivity contribution in [1.82, 2.24) is 9.47 Å². The number of carboxylic acid groups (broad SMARTS) is 1. The van der Waals surface area contributed by atoms with E-state index in [4.69, 9.17) is 21.1 Å². The first kappa shape index (κ1) is 23.4. The summed E-state index contributed by atoms with van der Waals surface area (Å²) in [6, 6.07) is 5.43. The molecule has 0 amide bonds.